The molecule has 1 fully saturated rings. The summed E-state index contributed by atoms with van der Waals surface area (Å²) in [6.45, 7) is 7.38. The highest BCUT2D eigenvalue weighted by Crippen LogP contribution is 2.27. The number of carbonyl (C=O) groups excluding carboxylic acids is 3. The maximum absolute atomic E-state index is 13.4. The number of imide groups is 2. The molecule has 0 radical (unpaired) electrons. The number of rotatable bonds is 8. The molecule has 1 saturated heterocycles. The van der Waals surface area contributed by atoms with Gasteiger partial charge in [-0.05, 0) is 68.2 Å². The molecule has 0 spiro atoms. The SMILES string of the molecule is CCc1ccc(N2C(=O)NC(=O)/C(=C\c3cn(CCCOc4ccc(C)cc4C)c4ccccc34)C2=O)cc1. The zero-order chi connectivity index (χ0) is 27.5. The Labute approximate surface area is 227 Å². The van der Waals surface area contributed by atoms with E-state index < -0.39 is 17.8 Å². The number of urea groups is 1. The Morgan fingerprint density at radius 3 is 2.46 bits per heavy atom. The largest absolute Gasteiger partial charge is 0.493 e. The lowest BCUT2D eigenvalue weighted by atomic mass is 10.1. The number of nitrogens with zero attached hydrogens (tertiary/aromatic N) is 2. The van der Waals surface area contributed by atoms with Crippen molar-refractivity contribution in [2.24, 2.45) is 0 Å². The zero-order valence-electron chi connectivity index (χ0n) is 22.4. The first-order valence-corrected chi connectivity index (χ1v) is 13.1. The second kappa shape index (κ2) is 11.0. The van der Waals surface area contributed by atoms with Crippen LogP contribution in [0.4, 0.5) is 10.5 Å². The Balaban J connectivity index is 1.38. The van der Waals surface area contributed by atoms with E-state index in [4.69, 9.17) is 4.74 Å². The third-order valence-corrected chi connectivity index (χ3v) is 6.96. The first-order chi connectivity index (χ1) is 18.9. The van der Waals surface area contributed by atoms with Crippen LogP contribution in [0.5, 0.6) is 5.75 Å². The Morgan fingerprint density at radius 2 is 1.72 bits per heavy atom. The lowest BCUT2D eigenvalue weighted by molar-refractivity contribution is -0.122. The number of para-hydroxylation sites is 1. The van der Waals surface area contributed by atoms with E-state index in [-0.39, 0.29) is 5.57 Å². The molecule has 0 bridgehead atoms. The predicted molar refractivity (Wildman–Crippen MR) is 153 cm³/mol. The fraction of sp³-hybridized carbons (Fsp3) is 0.219. The average molecular weight is 522 g/mol. The summed E-state index contributed by atoms with van der Waals surface area (Å²) in [5.41, 5.74) is 5.45. The molecule has 0 unspecified atom stereocenters. The van der Waals surface area contributed by atoms with Crippen LogP contribution in [0.1, 0.15) is 35.6 Å². The molecule has 0 saturated carbocycles. The summed E-state index contributed by atoms with van der Waals surface area (Å²) in [5, 5.41) is 3.23. The number of aryl methyl sites for hydroxylation is 4. The number of anilines is 1. The normalized spacial score (nSPS) is 14.8. The fourth-order valence-corrected chi connectivity index (χ4v) is 4.88. The van der Waals surface area contributed by atoms with E-state index in [9.17, 15) is 14.4 Å². The average Bonchev–Trinajstić information content (AvgIpc) is 3.27. The summed E-state index contributed by atoms with van der Waals surface area (Å²) in [7, 11) is 0. The zero-order valence-corrected chi connectivity index (χ0v) is 22.4. The molecule has 7 nitrogen and oxygen atoms in total. The Hall–Kier alpha value is -4.65. The molecule has 0 aliphatic carbocycles. The van der Waals surface area contributed by atoms with Crippen molar-refractivity contribution in [3.63, 3.8) is 0 Å². The number of hydrogen-bond donors (Lipinski definition) is 1. The van der Waals surface area contributed by atoms with Gasteiger partial charge in [0.25, 0.3) is 11.8 Å². The fourth-order valence-electron chi connectivity index (χ4n) is 4.88. The minimum atomic E-state index is -0.752. The molecule has 198 valence electrons. The van der Waals surface area contributed by atoms with Gasteiger partial charge in [0, 0.05) is 29.2 Å². The second-order valence-corrected chi connectivity index (χ2v) is 9.74. The summed E-state index contributed by atoms with van der Waals surface area (Å²) < 4.78 is 8.10. The minimum absolute atomic E-state index is 0.0877. The molecule has 1 aliphatic rings. The van der Waals surface area contributed by atoms with Crippen molar-refractivity contribution in [1.82, 2.24) is 9.88 Å². The van der Waals surface area contributed by atoms with Gasteiger partial charge in [-0.15, -0.1) is 0 Å². The third kappa shape index (κ3) is 5.34. The van der Waals surface area contributed by atoms with E-state index in [2.05, 4.69) is 22.9 Å². The van der Waals surface area contributed by atoms with E-state index in [1.54, 1.807) is 18.2 Å². The molecule has 1 aromatic heterocycles. The Kier molecular flexibility index (Phi) is 7.32. The van der Waals surface area contributed by atoms with Crippen LogP contribution in [-0.4, -0.2) is 29.0 Å². The maximum Gasteiger partial charge on any atom is 0.335 e. The van der Waals surface area contributed by atoms with Crippen LogP contribution in [0.15, 0.2) is 78.5 Å². The van der Waals surface area contributed by atoms with E-state index in [1.165, 1.54) is 5.56 Å². The van der Waals surface area contributed by atoms with E-state index in [0.717, 1.165) is 51.1 Å². The van der Waals surface area contributed by atoms with Gasteiger partial charge in [-0.3, -0.25) is 14.9 Å². The first kappa shape index (κ1) is 26.0. The van der Waals surface area contributed by atoms with Crippen LogP contribution in [0, 0.1) is 13.8 Å². The monoisotopic (exact) mass is 521 g/mol. The number of ether oxygens (including phenoxy) is 1. The van der Waals surface area contributed by atoms with Gasteiger partial charge in [-0.2, -0.15) is 0 Å². The van der Waals surface area contributed by atoms with Crippen LogP contribution >= 0.6 is 0 Å². The number of benzene rings is 3. The molecule has 39 heavy (non-hydrogen) atoms. The molecule has 5 rings (SSSR count). The molecular formula is C32H31N3O4. The number of carbonyl (C=O) groups is 3. The number of nitrogens with one attached hydrogen (secondary N) is 1. The van der Waals surface area contributed by atoms with E-state index in [1.807, 2.05) is 68.6 Å². The molecular weight excluding hydrogens is 490 g/mol. The third-order valence-electron chi connectivity index (χ3n) is 6.96. The van der Waals surface area contributed by atoms with Crippen LogP contribution in [0.25, 0.3) is 17.0 Å². The van der Waals surface area contributed by atoms with Crippen LogP contribution < -0.4 is 15.0 Å². The maximum atomic E-state index is 13.4. The van der Waals surface area contributed by atoms with Gasteiger partial charge in [0.15, 0.2) is 0 Å². The number of fused-ring (bicyclic) bond motifs is 1. The highest BCUT2D eigenvalue weighted by atomic mass is 16.5. The lowest BCUT2D eigenvalue weighted by Gasteiger charge is -2.26. The van der Waals surface area contributed by atoms with Gasteiger partial charge in [0.1, 0.15) is 11.3 Å². The molecule has 4 aromatic rings. The summed E-state index contributed by atoms with van der Waals surface area (Å²) >= 11 is 0. The van der Waals surface area contributed by atoms with Gasteiger partial charge in [0.05, 0.1) is 12.3 Å². The molecule has 3 aromatic carbocycles. The summed E-state index contributed by atoms with van der Waals surface area (Å²) in [5.74, 6) is -0.467. The van der Waals surface area contributed by atoms with Crippen molar-refractivity contribution in [2.45, 2.75) is 40.2 Å². The van der Waals surface area contributed by atoms with Gasteiger partial charge >= 0.3 is 6.03 Å². The smallest absolute Gasteiger partial charge is 0.335 e. The van der Waals surface area contributed by atoms with Gasteiger partial charge in [-0.25, -0.2) is 9.69 Å². The number of barbiturate groups is 1. The Morgan fingerprint density at radius 1 is 0.949 bits per heavy atom. The highest BCUT2D eigenvalue weighted by Gasteiger charge is 2.37. The minimum Gasteiger partial charge on any atom is -0.493 e. The highest BCUT2D eigenvalue weighted by molar-refractivity contribution is 6.39. The number of aromatic nitrogens is 1. The van der Waals surface area contributed by atoms with Gasteiger partial charge in [0.2, 0.25) is 0 Å². The van der Waals surface area contributed by atoms with Crippen LogP contribution in [0.3, 0.4) is 0 Å². The molecule has 7 heteroatoms. The van der Waals surface area contributed by atoms with Gasteiger partial charge < -0.3 is 9.30 Å². The number of hydrogen-bond acceptors (Lipinski definition) is 4. The topological polar surface area (TPSA) is 80.6 Å². The second-order valence-electron chi connectivity index (χ2n) is 9.74. The van der Waals surface area contributed by atoms with Crippen molar-refractivity contribution >= 4 is 40.5 Å². The summed E-state index contributed by atoms with van der Waals surface area (Å²) in [6.07, 6.45) is 5.12. The van der Waals surface area contributed by atoms with Crippen LogP contribution in [0.2, 0.25) is 0 Å². The molecule has 1 aliphatic heterocycles. The van der Waals surface area contributed by atoms with Crippen LogP contribution in [-0.2, 0) is 22.6 Å². The van der Waals surface area contributed by atoms with E-state index >= 15 is 0 Å². The molecule has 2 heterocycles. The van der Waals surface area contributed by atoms with E-state index in [0.29, 0.717) is 18.8 Å². The molecule has 1 N–H and O–H groups in total. The van der Waals surface area contributed by atoms with Crippen molar-refractivity contribution in [2.75, 3.05) is 11.5 Å². The predicted octanol–water partition coefficient (Wildman–Crippen LogP) is 5.96. The lowest BCUT2D eigenvalue weighted by Crippen LogP contribution is -2.54. The van der Waals surface area contributed by atoms with Crippen molar-refractivity contribution in [1.29, 1.82) is 0 Å². The molecule has 4 amide bonds. The quantitative estimate of drug-likeness (QED) is 0.176. The van der Waals surface area contributed by atoms with Crippen molar-refractivity contribution in [3.05, 3.63) is 101 Å². The van der Waals surface area contributed by atoms with Gasteiger partial charge in [-0.1, -0.05) is 55.0 Å². The standard InChI is InChI=1S/C32H31N3O4/c1-4-23-11-13-25(14-12-23)35-31(37)27(30(36)33-32(35)38)19-24-20-34(28-9-6-5-8-26(24)28)16-7-17-39-29-15-10-21(2)18-22(29)3/h5-6,8-15,18-20H,4,7,16-17H2,1-3H3,(H,33,36,38)/b27-19+. The molecule has 0 atom stereocenters. The first-order valence-electron chi connectivity index (χ1n) is 13.1. The van der Waals surface area contributed by atoms with Crippen molar-refractivity contribution < 1.29 is 19.1 Å². The summed E-state index contributed by atoms with van der Waals surface area (Å²) in [4.78, 5) is 39.8. The summed E-state index contributed by atoms with van der Waals surface area (Å²) in [6, 6.07) is 20.4. The Bertz CT molecular complexity index is 1600. The van der Waals surface area contributed by atoms with Crippen molar-refractivity contribution in [3.8, 4) is 5.75 Å². The number of amides is 4.